The van der Waals surface area contributed by atoms with Crippen LogP contribution in [0.2, 0.25) is 0 Å². The molecule has 25 heavy (non-hydrogen) atoms. The zero-order chi connectivity index (χ0) is 18.2. The smallest absolute Gasteiger partial charge is 0.269 e. The minimum atomic E-state index is -0.488. The number of nitro groups is 1. The van der Waals surface area contributed by atoms with Crippen molar-refractivity contribution in [1.82, 2.24) is 0 Å². The number of carbonyl (C=O) groups excluding carboxylic acids is 1. The van der Waals surface area contributed by atoms with Gasteiger partial charge in [-0.25, -0.2) is 0 Å². The third-order valence-electron chi connectivity index (χ3n) is 3.70. The number of non-ortho nitro benzene ring substituents is 1. The predicted molar refractivity (Wildman–Crippen MR) is 97.2 cm³/mol. The number of rotatable bonds is 8. The predicted octanol–water partition coefficient (Wildman–Crippen LogP) is 3.46. The van der Waals surface area contributed by atoms with Gasteiger partial charge in [-0.2, -0.15) is 0 Å². The number of hydrogen-bond acceptors (Lipinski definition) is 5. The Balaban J connectivity index is 1.86. The highest BCUT2D eigenvalue weighted by atomic mass is 16.6. The van der Waals surface area contributed by atoms with E-state index in [2.05, 4.69) is 24.1 Å². The molecule has 0 bridgehead atoms. The van der Waals surface area contributed by atoms with E-state index in [4.69, 9.17) is 4.74 Å². The summed E-state index contributed by atoms with van der Waals surface area (Å²) in [7, 11) is 0. The molecule has 0 aliphatic carbocycles. The van der Waals surface area contributed by atoms with Gasteiger partial charge in [0.15, 0.2) is 6.61 Å². The van der Waals surface area contributed by atoms with E-state index in [0.717, 1.165) is 18.8 Å². The van der Waals surface area contributed by atoms with Crippen LogP contribution >= 0.6 is 0 Å². The molecule has 0 aliphatic rings. The van der Waals surface area contributed by atoms with Crippen LogP contribution in [-0.2, 0) is 4.79 Å². The fraction of sp³-hybridized carbons (Fsp3) is 0.278. The largest absolute Gasteiger partial charge is 0.484 e. The Bertz CT molecular complexity index is 710. The molecule has 2 rings (SSSR count). The number of hydrogen-bond donors (Lipinski definition) is 1. The summed E-state index contributed by atoms with van der Waals surface area (Å²) in [6, 6.07) is 13.2. The Hall–Kier alpha value is -3.09. The molecule has 7 heteroatoms. The summed E-state index contributed by atoms with van der Waals surface area (Å²) in [5, 5.41) is 13.3. The van der Waals surface area contributed by atoms with E-state index in [1.165, 1.54) is 24.3 Å². The second kappa shape index (κ2) is 8.68. The van der Waals surface area contributed by atoms with Crippen LogP contribution in [0.5, 0.6) is 5.75 Å². The van der Waals surface area contributed by atoms with Crippen LogP contribution in [0.25, 0.3) is 0 Å². The van der Waals surface area contributed by atoms with Crippen LogP contribution in [0.15, 0.2) is 48.5 Å². The normalized spacial score (nSPS) is 10.2. The monoisotopic (exact) mass is 343 g/mol. The van der Waals surface area contributed by atoms with E-state index in [0.29, 0.717) is 11.4 Å². The molecule has 7 nitrogen and oxygen atoms in total. The first-order valence-corrected chi connectivity index (χ1v) is 8.05. The molecule has 1 N–H and O–H groups in total. The average molecular weight is 343 g/mol. The minimum absolute atomic E-state index is 0.0231. The lowest BCUT2D eigenvalue weighted by atomic mass is 10.2. The summed E-state index contributed by atoms with van der Waals surface area (Å²) < 4.78 is 5.33. The molecule has 0 atom stereocenters. The van der Waals surface area contributed by atoms with Crippen LogP contribution in [0.4, 0.5) is 17.1 Å². The van der Waals surface area contributed by atoms with Crippen molar-refractivity contribution < 1.29 is 14.5 Å². The summed E-state index contributed by atoms with van der Waals surface area (Å²) in [4.78, 5) is 24.2. The molecule has 2 aromatic carbocycles. The Labute approximate surface area is 146 Å². The number of anilines is 2. The van der Waals surface area contributed by atoms with Gasteiger partial charge >= 0.3 is 0 Å². The Kier molecular flexibility index (Phi) is 6.33. The highest BCUT2D eigenvalue weighted by Crippen LogP contribution is 2.19. The van der Waals surface area contributed by atoms with Gasteiger partial charge in [-0.1, -0.05) is 0 Å². The zero-order valence-electron chi connectivity index (χ0n) is 14.3. The van der Waals surface area contributed by atoms with Gasteiger partial charge in [-0.3, -0.25) is 14.9 Å². The molecule has 0 saturated heterocycles. The first kappa shape index (κ1) is 18.3. The average Bonchev–Trinajstić information content (AvgIpc) is 2.63. The molecule has 0 unspecified atom stereocenters. The van der Waals surface area contributed by atoms with Gasteiger partial charge in [0, 0.05) is 36.6 Å². The van der Waals surface area contributed by atoms with Crippen molar-refractivity contribution in [2.75, 3.05) is 29.9 Å². The maximum Gasteiger partial charge on any atom is 0.269 e. The number of ether oxygens (including phenoxy) is 1. The van der Waals surface area contributed by atoms with E-state index in [1.807, 2.05) is 24.3 Å². The minimum Gasteiger partial charge on any atom is -0.484 e. The fourth-order valence-corrected chi connectivity index (χ4v) is 2.35. The number of amides is 1. The molecule has 2 aromatic rings. The summed E-state index contributed by atoms with van der Waals surface area (Å²) in [6.45, 7) is 5.86. The summed E-state index contributed by atoms with van der Waals surface area (Å²) in [5.74, 6) is 0.103. The number of carbonyl (C=O) groups is 1. The second-order valence-electron chi connectivity index (χ2n) is 5.31. The molecule has 132 valence electrons. The Morgan fingerprint density at radius 2 is 1.68 bits per heavy atom. The van der Waals surface area contributed by atoms with Gasteiger partial charge < -0.3 is 15.0 Å². The van der Waals surface area contributed by atoms with E-state index in [-0.39, 0.29) is 18.2 Å². The molecule has 1 amide bonds. The van der Waals surface area contributed by atoms with Crippen molar-refractivity contribution >= 4 is 23.0 Å². The van der Waals surface area contributed by atoms with Gasteiger partial charge in [0.25, 0.3) is 11.6 Å². The first-order valence-electron chi connectivity index (χ1n) is 8.05. The van der Waals surface area contributed by atoms with Gasteiger partial charge in [-0.05, 0) is 50.2 Å². The SMILES string of the molecule is CCN(CC)c1ccc(NC(=O)COc2ccc([N+](=O)[O-])cc2)cc1. The summed E-state index contributed by atoms with van der Waals surface area (Å²) in [6.07, 6.45) is 0. The number of nitrogens with zero attached hydrogens (tertiary/aromatic N) is 2. The Morgan fingerprint density at radius 3 is 2.20 bits per heavy atom. The number of nitrogens with one attached hydrogen (secondary N) is 1. The Morgan fingerprint density at radius 1 is 1.08 bits per heavy atom. The molecule has 0 spiro atoms. The second-order valence-corrected chi connectivity index (χ2v) is 5.31. The van der Waals surface area contributed by atoms with Gasteiger partial charge in [0.1, 0.15) is 5.75 Å². The van der Waals surface area contributed by atoms with Crippen LogP contribution in [0.1, 0.15) is 13.8 Å². The topological polar surface area (TPSA) is 84.7 Å². The van der Waals surface area contributed by atoms with Crippen molar-refractivity contribution in [3.8, 4) is 5.75 Å². The molecule has 0 fully saturated rings. The summed E-state index contributed by atoms with van der Waals surface area (Å²) >= 11 is 0. The molecular formula is C18H21N3O4. The highest BCUT2D eigenvalue weighted by Gasteiger charge is 2.07. The number of nitro benzene ring substituents is 1. The first-order chi connectivity index (χ1) is 12.0. The van der Waals surface area contributed by atoms with Gasteiger partial charge in [0.05, 0.1) is 4.92 Å². The van der Waals surface area contributed by atoms with Crippen LogP contribution in [-0.4, -0.2) is 30.5 Å². The maximum absolute atomic E-state index is 11.9. The molecule has 0 heterocycles. The third kappa shape index (κ3) is 5.20. The van der Waals surface area contributed by atoms with E-state index in [9.17, 15) is 14.9 Å². The van der Waals surface area contributed by atoms with Crippen molar-refractivity contribution in [3.05, 3.63) is 58.6 Å². The lowest BCUT2D eigenvalue weighted by Crippen LogP contribution is -2.22. The van der Waals surface area contributed by atoms with E-state index in [1.54, 1.807) is 0 Å². The van der Waals surface area contributed by atoms with Crippen molar-refractivity contribution in [3.63, 3.8) is 0 Å². The molecule has 0 radical (unpaired) electrons. The van der Waals surface area contributed by atoms with E-state index >= 15 is 0 Å². The highest BCUT2D eigenvalue weighted by molar-refractivity contribution is 5.92. The van der Waals surface area contributed by atoms with E-state index < -0.39 is 4.92 Å². The quantitative estimate of drug-likeness (QED) is 0.586. The fourth-order valence-electron chi connectivity index (χ4n) is 2.35. The lowest BCUT2D eigenvalue weighted by molar-refractivity contribution is -0.384. The standard InChI is InChI=1S/C18H21N3O4/c1-3-20(4-2)15-7-5-14(6-8-15)19-18(22)13-25-17-11-9-16(10-12-17)21(23)24/h5-12H,3-4,13H2,1-2H3,(H,19,22). The van der Waals surface area contributed by atoms with Crippen molar-refractivity contribution in [2.24, 2.45) is 0 Å². The van der Waals surface area contributed by atoms with Crippen molar-refractivity contribution in [1.29, 1.82) is 0 Å². The molecule has 0 saturated carbocycles. The summed E-state index contributed by atoms with van der Waals surface area (Å²) in [5.41, 5.74) is 1.77. The zero-order valence-corrected chi connectivity index (χ0v) is 14.3. The lowest BCUT2D eigenvalue weighted by Gasteiger charge is -2.21. The number of benzene rings is 2. The molecule has 0 aliphatic heterocycles. The molecule has 0 aromatic heterocycles. The van der Waals surface area contributed by atoms with Crippen LogP contribution < -0.4 is 15.0 Å². The van der Waals surface area contributed by atoms with Crippen molar-refractivity contribution in [2.45, 2.75) is 13.8 Å². The van der Waals surface area contributed by atoms with Gasteiger partial charge in [-0.15, -0.1) is 0 Å². The maximum atomic E-state index is 11.9. The van der Waals surface area contributed by atoms with Crippen LogP contribution in [0, 0.1) is 10.1 Å². The van der Waals surface area contributed by atoms with Crippen LogP contribution in [0.3, 0.4) is 0 Å². The third-order valence-corrected chi connectivity index (χ3v) is 3.70. The van der Waals surface area contributed by atoms with Gasteiger partial charge in [0.2, 0.25) is 0 Å². The molecular weight excluding hydrogens is 322 g/mol.